The first kappa shape index (κ1) is 21.3. The van der Waals surface area contributed by atoms with Gasteiger partial charge in [-0.05, 0) is 64.9 Å². The minimum Gasteiger partial charge on any atom is -0.309 e. The van der Waals surface area contributed by atoms with Gasteiger partial charge in [-0.25, -0.2) is 4.98 Å². The Labute approximate surface area is 234 Å². The normalized spacial score (nSPS) is 12.8. The lowest BCUT2D eigenvalue weighted by atomic mass is 10.0. The summed E-state index contributed by atoms with van der Waals surface area (Å²) in [7, 11) is 0. The van der Waals surface area contributed by atoms with E-state index in [1.807, 2.05) is 30.9 Å². The van der Waals surface area contributed by atoms with Crippen molar-refractivity contribution in [3.8, 4) is 16.8 Å². The monoisotopic (exact) mass is 523 g/mol. The van der Waals surface area contributed by atoms with Crippen molar-refractivity contribution in [2.75, 3.05) is 0 Å². The molecule has 0 atom stereocenters. The number of hydrogen-bond acceptors (Lipinski definition) is 3. The molecule has 5 heteroatoms. The maximum atomic E-state index is 5.11. The predicted octanol–water partition coefficient (Wildman–Crippen LogP) is 8.25. The summed E-state index contributed by atoms with van der Waals surface area (Å²) in [5.74, 6) is 0. The summed E-state index contributed by atoms with van der Waals surface area (Å²) < 4.78 is 4.72. The Kier molecular flexibility index (Phi) is 3.92. The molecule has 10 rings (SSSR count). The fraction of sp³-hybridized carbons (Fsp3) is 0.0278. The van der Waals surface area contributed by atoms with E-state index in [1.165, 1.54) is 44.1 Å². The molecule has 0 saturated heterocycles. The summed E-state index contributed by atoms with van der Waals surface area (Å²) in [5, 5.41) is 5.84. The van der Waals surface area contributed by atoms with E-state index in [2.05, 4.69) is 104 Å². The number of hydrogen-bond donors (Lipinski definition) is 0. The van der Waals surface area contributed by atoms with E-state index in [0.717, 1.165) is 50.5 Å². The van der Waals surface area contributed by atoms with E-state index >= 15 is 0 Å². The molecular formula is C36H21N5. The largest absolute Gasteiger partial charge is 0.309 e. The molecule has 0 N–H and O–H groups in total. The van der Waals surface area contributed by atoms with Gasteiger partial charge < -0.3 is 4.57 Å². The molecule has 4 aromatic carbocycles. The fourth-order valence-corrected chi connectivity index (χ4v) is 7.16. The van der Waals surface area contributed by atoms with Crippen LogP contribution in [0.1, 0.15) is 11.1 Å². The van der Waals surface area contributed by atoms with Crippen LogP contribution in [0.25, 0.3) is 77.0 Å². The van der Waals surface area contributed by atoms with Crippen LogP contribution in [0.2, 0.25) is 0 Å². The zero-order valence-electron chi connectivity index (χ0n) is 21.9. The SMILES string of the molecule is c1ccc(-n2c3cc4c5cnccc5n5c6ccncc6nc5c4cc3c3ccc4c(c32)-c2ccccc2C4)cc1. The topological polar surface area (TPSA) is 48.0 Å². The molecule has 0 amide bonds. The average Bonchev–Trinajstić information content (AvgIpc) is 3.70. The van der Waals surface area contributed by atoms with Crippen LogP contribution >= 0.6 is 0 Å². The lowest BCUT2D eigenvalue weighted by Crippen LogP contribution is -1.96. The van der Waals surface area contributed by atoms with Crippen molar-refractivity contribution < 1.29 is 0 Å². The first-order valence-electron chi connectivity index (χ1n) is 13.9. The second-order valence-corrected chi connectivity index (χ2v) is 10.9. The van der Waals surface area contributed by atoms with Gasteiger partial charge in [-0.2, -0.15) is 0 Å². The van der Waals surface area contributed by atoms with Crippen molar-refractivity contribution in [2.24, 2.45) is 0 Å². The number of pyridine rings is 3. The molecule has 0 aliphatic heterocycles. The van der Waals surface area contributed by atoms with E-state index in [0.29, 0.717) is 0 Å². The number of fused-ring (bicyclic) bond motifs is 15. The van der Waals surface area contributed by atoms with E-state index in [4.69, 9.17) is 4.98 Å². The van der Waals surface area contributed by atoms with Gasteiger partial charge in [0.05, 0.1) is 28.3 Å². The Morgan fingerprint density at radius 1 is 0.585 bits per heavy atom. The molecule has 0 saturated carbocycles. The minimum absolute atomic E-state index is 0.888. The summed E-state index contributed by atoms with van der Waals surface area (Å²) in [6, 6.07) is 33.1. The third-order valence-electron chi connectivity index (χ3n) is 8.86. The lowest BCUT2D eigenvalue weighted by Gasteiger charge is -2.12. The van der Waals surface area contributed by atoms with Gasteiger partial charge >= 0.3 is 0 Å². The third-order valence-corrected chi connectivity index (χ3v) is 8.86. The summed E-state index contributed by atoms with van der Waals surface area (Å²) in [4.78, 5) is 14.0. The smallest absolute Gasteiger partial charge is 0.146 e. The van der Waals surface area contributed by atoms with Crippen molar-refractivity contribution in [2.45, 2.75) is 6.42 Å². The Morgan fingerprint density at radius 3 is 2.34 bits per heavy atom. The number of imidazole rings is 1. The first-order valence-corrected chi connectivity index (χ1v) is 13.9. The van der Waals surface area contributed by atoms with Crippen molar-refractivity contribution in [3.63, 3.8) is 0 Å². The molecule has 5 nitrogen and oxygen atoms in total. The second-order valence-electron chi connectivity index (χ2n) is 10.9. The van der Waals surface area contributed by atoms with Crippen molar-refractivity contribution in [3.05, 3.63) is 127 Å². The summed E-state index contributed by atoms with van der Waals surface area (Å²) in [6.45, 7) is 0. The highest BCUT2D eigenvalue weighted by atomic mass is 15.0. The van der Waals surface area contributed by atoms with Crippen molar-refractivity contribution in [1.29, 1.82) is 0 Å². The zero-order valence-corrected chi connectivity index (χ0v) is 21.9. The highest BCUT2D eigenvalue weighted by Crippen LogP contribution is 2.46. The number of para-hydroxylation sites is 1. The van der Waals surface area contributed by atoms with Crippen molar-refractivity contribution in [1.82, 2.24) is 23.9 Å². The molecule has 5 heterocycles. The Balaban J connectivity index is 1.47. The Hall–Kier alpha value is -5.55. The summed E-state index contributed by atoms with van der Waals surface area (Å²) >= 11 is 0. The molecule has 9 aromatic rings. The maximum absolute atomic E-state index is 5.11. The van der Waals surface area contributed by atoms with Gasteiger partial charge in [-0.1, -0.05) is 54.6 Å². The van der Waals surface area contributed by atoms with Crippen LogP contribution in [0.3, 0.4) is 0 Å². The van der Waals surface area contributed by atoms with Crippen LogP contribution in [-0.2, 0) is 6.42 Å². The standard InChI is InChI=1S/C36H21N5/c1-2-7-23(8-3-1)40-33-18-26-28(36-39-30-20-38-15-13-32(30)41(36)31-12-14-37-19-29(26)31)17-27(33)25-11-10-22-16-21-6-4-5-9-24(21)34(22)35(25)40/h1-15,17-20H,16H2. The van der Waals surface area contributed by atoms with Crippen LogP contribution < -0.4 is 0 Å². The van der Waals surface area contributed by atoms with E-state index < -0.39 is 0 Å². The van der Waals surface area contributed by atoms with Gasteiger partial charge in [0.25, 0.3) is 0 Å². The van der Waals surface area contributed by atoms with Crippen LogP contribution in [0.4, 0.5) is 0 Å². The van der Waals surface area contributed by atoms with Crippen LogP contribution in [0.5, 0.6) is 0 Å². The summed E-state index contributed by atoms with van der Waals surface area (Å²) in [5.41, 5.74) is 13.0. The van der Waals surface area contributed by atoms with Crippen LogP contribution in [0.15, 0.2) is 116 Å². The van der Waals surface area contributed by atoms with E-state index in [-0.39, 0.29) is 0 Å². The fourth-order valence-electron chi connectivity index (χ4n) is 7.16. The lowest BCUT2D eigenvalue weighted by molar-refractivity contribution is 1.18. The minimum atomic E-state index is 0.888. The molecular weight excluding hydrogens is 502 g/mol. The molecule has 1 aliphatic carbocycles. The molecule has 0 unspecified atom stereocenters. The number of benzene rings is 4. The average molecular weight is 524 g/mol. The van der Waals surface area contributed by atoms with Gasteiger partial charge in [0, 0.05) is 51.4 Å². The van der Waals surface area contributed by atoms with E-state index in [9.17, 15) is 0 Å². The molecule has 41 heavy (non-hydrogen) atoms. The third kappa shape index (κ3) is 2.68. The van der Waals surface area contributed by atoms with Crippen LogP contribution in [-0.4, -0.2) is 23.9 Å². The van der Waals surface area contributed by atoms with Gasteiger partial charge in [0.15, 0.2) is 0 Å². The Morgan fingerprint density at radius 2 is 1.41 bits per heavy atom. The molecule has 1 aliphatic rings. The first-order chi connectivity index (χ1) is 20.3. The molecule has 0 radical (unpaired) electrons. The number of rotatable bonds is 1. The molecule has 190 valence electrons. The predicted molar refractivity (Wildman–Crippen MR) is 166 cm³/mol. The highest BCUT2D eigenvalue weighted by Gasteiger charge is 2.26. The summed E-state index contributed by atoms with van der Waals surface area (Å²) in [6.07, 6.45) is 8.50. The maximum Gasteiger partial charge on any atom is 0.146 e. The second kappa shape index (κ2) is 7.55. The van der Waals surface area contributed by atoms with Crippen molar-refractivity contribution >= 4 is 60.2 Å². The molecule has 0 bridgehead atoms. The van der Waals surface area contributed by atoms with E-state index in [1.54, 1.807) is 0 Å². The van der Waals surface area contributed by atoms with Gasteiger partial charge in [0.2, 0.25) is 0 Å². The molecule has 0 spiro atoms. The van der Waals surface area contributed by atoms with Gasteiger partial charge in [-0.3, -0.25) is 14.4 Å². The Bertz CT molecular complexity index is 2550. The molecule has 0 fully saturated rings. The highest BCUT2D eigenvalue weighted by molar-refractivity contribution is 6.23. The van der Waals surface area contributed by atoms with Gasteiger partial charge in [0.1, 0.15) is 11.2 Å². The van der Waals surface area contributed by atoms with Gasteiger partial charge in [-0.15, -0.1) is 0 Å². The number of aromatic nitrogens is 5. The number of nitrogens with zero attached hydrogens (tertiary/aromatic N) is 5. The zero-order chi connectivity index (χ0) is 26.7. The quantitative estimate of drug-likeness (QED) is 0.204. The van der Waals surface area contributed by atoms with Crippen LogP contribution in [0, 0.1) is 0 Å². The molecule has 5 aromatic heterocycles.